The summed E-state index contributed by atoms with van der Waals surface area (Å²) in [5.41, 5.74) is 1.48. The molecule has 2 fully saturated rings. The number of carbonyl (C=O) groups is 3. The molecule has 0 aromatic carbocycles. The highest BCUT2D eigenvalue weighted by Crippen LogP contribution is 2.53. The summed E-state index contributed by atoms with van der Waals surface area (Å²) in [5.74, 6) is -2.42. The van der Waals surface area contributed by atoms with Gasteiger partial charge in [-0.25, -0.2) is 4.79 Å². The zero-order valence-electron chi connectivity index (χ0n) is 16.3. The van der Waals surface area contributed by atoms with Gasteiger partial charge in [0.05, 0.1) is 23.5 Å². The van der Waals surface area contributed by atoms with Crippen LogP contribution in [0.5, 0.6) is 0 Å². The fourth-order valence-electron chi connectivity index (χ4n) is 5.36. The van der Waals surface area contributed by atoms with Crippen molar-refractivity contribution in [2.45, 2.75) is 64.9 Å². The maximum atomic E-state index is 13.1. The summed E-state index contributed by atoms with van der Waals surface area (Å²) in [7, 11) is 0. The molecule has 2 saturated carbocycles. The van der Waals surface area contributed by atoms with E-state index in [4.69, 9.17) is 4.74 Å². The molecule has 2 N–H and O–H groups in total. The molecule has 4 atom stereocenters. The SMILES string of the molecule is CC(C)OC(=O)c1c(NC(=O)[C@H]2[C@@H]3CC[C@@H](C3)[C@@H]2C(=O)O)sc2c1CCCC2. The lowest BCUT2D eigenvalue weighted by molar-refractivity contribution is -0.148. The third kappa shape index (κ3) is 3.34. The Morgan fingerprint density at radius 3 is 2.46 bits per heavy atom. The Morgan fingerprint density at radius 1 is 1.11 bits per heavy atom. The summed E-state index contributed by atoms with van der Waals surface area (Å²) in [6.07, 6.45) is 6.20. The van der Waals surface area contributed by atoms with Crippen LogP contribution in [-0.2, 0) is 27.2 Å². The molecule has 1 heterocycles. The van der Waals surface area contributed by atoms with Gasteiger partial charge in [-0.1, -0.05) is 0 Å². The molecular weight excluding hydrogens is 378 g/mol. The Balaban J connectivity index is 1.62. The van der Waals surface area contributed by atoms with Crippen LogP contribution in [-0.4, -0.2) is 29.1 Å². The summed E-state index contributed by atoms with van der Waals surface area (Å²) in [5, 5.41) is 13.1. The number of hydrogen-bond donors (Lipinski definition) is 2. The van der Waals surface area contributed by atoms with Gasteiger partial charge < -0.3 is 15.2 Å². The van der Waals surface area contributed by atoms with Crippen molar-refractivity contribution in [3.8, 4) is 0 Å². The predicted octanol–water partition coefficient (Wildman–Crippen LogP) is 3.88. The number of thiophene rings is 1. The first-order chi connectivity index (χ1) is 13.4. The average Bonchev–Trinajstić information content (AvgIpc) is 3.32. The Bertz CT molecular complexity index is 814. The van der Waals surface area contributed by atoms with E-state index in [-0.39, 0.29) is 23.8 Å². The summed E-state index contributed by atoms with van der Waals surface area (Å²) in [6, 6.07) is 0. The van der Waals surface area contributed by atoms with Gasteiger partial charge in [0.2, 0.25) is 5.91 Å². The molecule has 0 unspecified atom stereocenters. The molecule has 152 valence electrons. The van der Waals surface area contributed by atoms with Crippen LogP contribution in [0.4, 0.5) is 5.00 Å². The first-order valence-corrected chi connectivity index (χ1v) is 11.1. The number of ether oxygens (including phenoxy) is 1. The Labute approximate surface area is 168 Å². The number of amides is 1. The largest absolute Gasteiger partial charge is 0.481 e. The van der Waals surface area contributed by atoms with Crippen LogP contribution < -0.4 is 5.32 Å². The molecule has 0 radical (unpaired) electrons. The number of carboxylic acids is 1. The third-order valence-corrected chi connectivity index (χ3v) is 7.67. The van der Waals surface area contributed by atoms with Crippen LogP contribution >= 0.6 is 11.3 Å². The average molecular weight is 406 g/mol. The van der Waals surface area contributed by atoms with Gasteiger partial charge in [-0.15, -0.1) is 11.3 Å². The Kier molecular flexibility index (Phi) is 5.21. The van der Waals surface area contributed by atoms with Crippen molar-refractivity contribution in [3.63, 3.8) is 0 Å². The van der Waals surface area contributed by atoms with Gasteiger partial charge in [0.15, 0.2) is 0 Å². The first kappa shape index (κ1) is 19.4. The minimum atomic E-state index is -0.878. The number of carbonyl (C=O) groups excluding carboxylic acids is 2. The lowest BCUT2D eigenvalue weighted by Gasteiger charge is -2.27. The lowest BCUT2D eigenvalue weighted by atomic mass is 9.78. The summed E-state index contributed by atoms with van der Waals surface area (Å²) in [4.78, 5) is 38.8. The van der Waals surface area contributed by atoms with Crippen molar-refractivity contribution in [3.05, 3.63) is 16.0 Å². The molecule has 1 aromatic heterocycles. The smallest absolute Gasteiger partial charge is 0.341 e. The molecule has 0 spiro atoms. The highest BCUT2D eigenvalue weighted by molar-refractivity contribution is 7.17. The van der Waals surface area contributed by atoms with Gasteiger partial charge in [-0.3, -0.25) is 9.59 Å². The normalized spacial score (nSPS) is 28.2. The zero-order valence-corrected chi connectivity index (χ0v) is 17.1. The number of esters is 1. The molecule has 7 heteroatoms. The van der Waals surface area contributed by atoms with Gasteiger partial charge in [-0.05, 0) is 76.2 Å². The number of anilines is 1. The molecule has 2 bridgehead atoms. The number of aryl methyl sites for hydroxylation is 1. The minimum Gasteiger partial charge on any atom is -0.481 e. The Hall–Kier alpha value is -1.89. The third-order valence-electron chi connectivity index (χ3n) is 6.46. The molecule has 0 saturated heterocycles. The Morgan fingerprint density at radius 2 is 1.79 bits per heavy atom. The van der Waals surface area contributed by atoms with Crippen molar-refractivity contribution >= 4 is 34.2 Å². The van der Waals surface area contributed by atoms with Crippen LogP contribution in [0.3, 0.4) is 0 Å². The van der Waals surface area contributed by atoms with E-state index in [1.54, 1.807) is 0 Å². The van der Waals surface area contributed by atoms with Crippen LogP contribution in [0.15, 0.2) is 0 Å². The van der Waals surface area contributed by atoms with Crippen molar-refractivity contribution in [1.82, 2.24) is 0 Å². The predicted molar refractivity (Wildman–Crippen MR) is 106 cm³/mol. The molecule has 1 amide bonds. The van der Waals surface area contributed by atoms with Crippen LogP contribution in [0.2, 0.25) is 0 Å². The zero-order chi connectivity index (χ0) is 20.0. The molecule has 4 rings (SSSR count). The van der Waals surface area contributed by atoms with E-state index >= 15 is 0 Å². The highest BCUT2D eigenvalue weighted by atomic mass is 32.1. The van der Waals surface area contributed by atoms with Gasteiger partial charge in [0.1, 0.15) is 5.00 Å². The van der Waals surface area contributed by atoms with E-state index in [0.29, 0.717) is 10.6 Å². The monoisotopic (exact) mass is 405 g/mol. The van der Waals surface area contributed by atoms with E-state index in [9.17, 15) is 19.5 Å². The summed E-state index contributed by atoms with van der Waals surface area (Å²) >= 11 is 1.45. The molecule has 3 aliphatic carbocycles. The van der Waals surface area contributed by atoms with Crippen LogP contribution in [0.25, 0.3) is 0 Å². The van der Waals surface area contributed by atoms with Crippen LogP contribution in [0, 0.1) is 23.7 Å². The highest BCUT2D eigenvalue weighted by Gasteiger charge is 2.54. The molecule has 6 nitrogen and oxygen atoms in total. The summed E-state index contributed by atoms with van der Waals surface area (Å²) < 4.78 is 5.44. The van der Waals surface area contributed by atoms with Crippen molar-refractivity contribution in [2.24, 2.45) is 23.7 Å². The maximum absolute atomic E-state index is 13.1. The topological polar surface area (TPSA) is 92.7 Å². The number of rotatable bonds is 5. The number of aliphatic carboxylic acids is 1. The molecule has 28 heavy (non-hydrogen) atoms. The van der Waals surface area contributed by atoms with Gasteiger partial charge in [-0.2, -0.15) is 0 Å². The molecule has 1 aromatic rings. The second-order valence-electron chi connectivity index (χ2n) is 8.58. The van der Waals surface area contributed by atoms with Crippen molar-refractivity contribution in [2.75, 3.05) is 5.32 Å². The van der Waals surface area contributed by atoms with Gasteiger partial charge in [0.25, 0.3) is 0 Å². The van der Waals surface area contributed by atoms with E-state index in [1.165, 1.54) is 11.3 Å². The van der Waals surface area contributed by atoms with Gasteiger partial charge in [0, 0.05) is 4.88 Å². The second kappa shape index (κ2) is 7.50. The quantitative estimate of drug-likeness (QED) is 0.725. The molecule has 0 aliphatic heterocycles. The van der Waals surface area contributed by atoms with E-state index in [1.807, 2.05) is 13.8 Å². The molecular formula is C21H27NO5S. The van der Waals surface area contributed by atoms with Gasteiger partial charge >= 0.3 is 11.9 Å². The van der Waals surface area contributed by atoms with Crippen molar-refractivity contribution < 1.29 is 24.2 Å². The number of hydrogen-bond acceptors (Lipinski definition) is 5. The number of nitrogens with one attached hydrogen (secondary N) is 1. The summed E-state index contributed by atoms with van der Waals surface area (Å²) in [6.45, 7) is 3.61. The fourth-order valence-corrected chi connectivity index (χ4v) is 6.64. The standard InChI is InChI=1S/C21H27NO5S/c1-10(2)27-21(26)17-13-5-3-4-6-14(13)28-19(17)22-18(23)15-11-7-8-12(9-11)16(15)20(24)25/h10-12,15-16H,3-9H2,1-2H3,(H,22,23)(H,24,25)/t11-,12+,15+,16+/m1/s1. The van der Waals surface area contributed by atoms with E-state index in [2.05, 4.69) is 5.32 Å². The number of carboxylic acid groups (broad SMARTS) is 1. The van der Waals surface area contributed by atoms with E-state index < -0.39 is 23.8 Å². The number of fused-ring (bicyclic) bond motifs is 3. The molecule has 3 aliphatic rings. The maximum Gasteiger partial charge on any atom is 0.341 e. The first-order valence-electron chi connectivity index (χ1n) is 10.3. The van der Waals surface area contributed by atoms with Crippen molar-refractivity contribution in [1.29, 1.82) is 0 Å². The second-order valence-corrected chi connectivity index (χ2v) is 9.69. The fraction of sp³-hybridized carbons (Fsp3) is 0.667. The lowest BCUT2D eigenvalue weighted by Crippen LogP contribution is -2.38. The van der Waals surface area contributed by atoms with E-state index in [0.717, 1.165) is 55.4 Å². The van der Waals surface area contributed by atoms with Crippen LogP contribution in [0.1, 0.15) is 66.8 Å². The minimum absolute atomic E-state index is 0.0974.